The van der Waals surface area contributed by atoms with E-state index in [2.05, 4.69) is 11.2 Å². The SMILES string of the molecule is C#CCSCCNC(=O)N(CC(=O)O)c1ccc(O)cc1. The molecule has 7 heteroatoms. The summed E-state index contributed by atoms with van der Waals surface area (Å²) in [4.78, 5) is 24.0. The predicted molar refractivity (Wildman–Crippen MR) is 82.6 cm³/mol. The summed E-state index contributed by atoms with van der Waals surface area (Å²) in [6.07, 6.45) is 5.11. The van der Waals surface area contributed by atoms with E-state index in [-0.39, 0.29) is 5.75 Å². The zero-order valence-corrected chi connectivity index (χ0v) is 12.1. The van der Waals surface area contributed by atoms with Crippen LogP contribution in [0.25, 0.3) is 0 Å². The molecule has 0 saturated carbocycles. The van der Waals surface area contributed by atoms with Gasteiger partial charge in [0.2, 0.25) is 0 Å². The van der Waals surface area contributed by atoms with E-state index in [1.165, 1.54) is 36.0 Å². The number of amides is 2. The van der Waals surface area contributed by atoms with Crippen LogP contribution in [0.1, 0.15) is 0 Å². The fraction of sp³-hybridized carbons (Fsp3) is 0.286. The number of urea groups is 1. The molecule has 2 amide bonds. The van der Waals surface area contributed by atoms with E-state index < -0.39 is 18.5 Å². The second-order valence-electron chi connectivity index (χ2n) is 3.98. The Hall–Kier alpha value is -2.33. The molecule has 112 valence electrons. The van der Waals surface area contributed by atoms with E-state index in [1.807, 2.05) is 0 Å². The number of nitrogens with one attached hydrogen (secondary N) is 1. The number of terminal acetylenes is 1. The van der Waals surface area contributed by atoms with Gasteiger partial charge < -0.3 is 15.5 Å². The van der Waals surface area contributed by atoms with Crippen LogP contribution in [0.5, 0.6) is 5.75 Å². The molecule has 0 radical (unpaired) electrons. The van der Waals surface area contributed by atoms with Gasteiger partial charge in [0.15, 0.2) is 0 Å². The fourth-order valence-corrected chi connectivity index (χ4v) is 2.01. The summed E-state index contributed by atoms with van der Waals surface area (Å²) in [5, 5.41) is 20.8. The van der Waals surface area contributed by atoms with Gasteiger partial charge in [-0.2, -0.15) is 0 Å². The fourth-order valence-electron chi connectivity index (χ4n) is 1.50. The first-order valence-corrected chi connectivity index (χ1v) is 7.27. The number of thioether (sulfide) groups is 1. The summed E-state index contributed by atoms with van der Waals surface area (Å²) in [6, 6.07) is 5.22. The van der Waals surface area contributed by atoms with Crippen molar-refractivity contribution in [2.45, 2.75) is 0 Å². The molecule has 1 rings (SSSR count). The molecule has 0 heterocycles. The van der Waals surface area contributed by atoms with Gasteiger partial charge in [0, 0.05) is 18.0 Å². The maximum absolute atomic E-state index is 12.0. The van der Waals surface area contributed by atoms with Crippen molar-refractivity contribution in [3.05, 3.63) is 24.3 Å². The first-order chi connectivity index (χ1) is 10.0. The highest BCUT2D eigenvalue weighted by atomic mass is 32.2. The minimum Gasteiger partial charge on any atom is -0.508 e. The van der Waals surface area contributed by atoms with E-state index in [9.17, 15) is 14.7 Å². The van der Waals surface area contributed by atoms with Gasteiger partial charge in [0.25, 0.3) is 0 Å². The van der Waals surface area contributed by atoms with Gasteiger partial charge >= 0.3 is 12.0 Å². The summed E-state index contributed by atoms with van der Waals surface area (Å²) >= 11 is 1.50. The molecule has 0 aliphatic carbocycles. The molecular weight excluding hydrogens is 292 g/mol. The lowest BCUT2D eigenvalue weighted by atomic mass is 10.3. The summed E-state index contributed by atoms with van der Waals surface area (Å²) < 4.78 is 0. The predicted octanol–water partition coefficient (Wildman–Crippen LogP) is 1.36. The Morgan fingerprint density at radius 3 is 2.57 bits per heavy atom. The average molecular weight is 308 g/mol. The Morgan fingerprint density at radius 2 is 2.00 bits per heavy atom. The lowest BCUT2D eigenvalue weighted by Gasteiger charge is -2.21. The second kappa shape index (κ2) is 8.76. The zero-order valence-electron chi connectivity index (χ0n) is 11.3. The Labute approximate surface area is 127 Å². The number of carboxylic acids is 1. The molecule has 0 bridgehead atoms. The number of phenolic OH excluding ortho intramolecular Hbond substituents is 1. The van der Waals surface area contributed by atoms with Crippen LogP contribution in [0.2, 0.25) is 0 Å². The molecule has 0 spiro atoms. The number of carboxylic acid groups (broad SMARTS) is 1. The number of benzene rings is 1. The van der Waals surface area contributed by atoms with Gasteiger partial charge in [0.1, 0.15) is 12.3 Å². The summed E-state index contributed by atoms with van der Waals surface area (Å²) in [5.41, 5.74) is 0.393. The number of phenols is 1. The van der Waals surface area contributed by atoms with Crippen LogP contribution in [0.15, 0.2) is 24.3 Å². The van der Waals surface area contributed by atoms with Crippen molar-refractivity contribution in [1.82, 2.24) is 5.32 Å². The number of aromatic hydroxyl groups is 1. The highest BCUT2D eigenvalue weighted by Crippen LogP contribution is 2.18. The summed E-state index contributed by atoms with van der Waals surface area (Å²) in [5.74, 6) is 2.60. The molecular formula is C14H16N2O4S. The van der Waals surface area contributed by atoms with Crippen LogP contribution in [0.4, 0.5) is 10.5 Å². The minimum absolute atomic E-state index is 0.0418. The van der Waals surface area contributed by atoms with E-state index >= 15 is 0 Å². The third kappa shape index (κ3) is 6.10. The molecule has 6 nitrogen and oxygen atoms in total. The summed E-state index contributed by atoms with van der Waals surface area (Å²) in [7, 11) is 0. The Bertz CT molecular complexity index is 525. The lowest BCUT2D eigenvalue weighted by Crippen LogP contribution is -2.43. The molecule has 0 fully saturated rings. The monoisotopic (exact) mass is 308 g/mol. The minimum atomic E-state index is -1.13. The molecule has 21 heavy (non-hydrogen) atoms. The third-order valence-corrected chi connectivity index (χ3v) is 3.27. The summed E-state index contributed by atoms with van der Waals surface area (Å²) in [6.45, 7) is -0.0759. The van der Waals surface area contributed by atoms with Crippen LogP contribution >= 0.6 is 11.8 Å². The lowest BCUT2D eigenvalue weighted by molar-refractivity contribution is -0.135. The number of hydrogen-bond acceptors (Lipinski definition) is 4. The largest absolute Gasteiger partial charge is 0.508 e. The van der Waals surface area contributed by atoms with E-state index in [0.717, 1.165) is 4.90 Å². The number of aliphatic carboxylic acids is 1. The van der Waals surface area contributed by atoms with Crippen molar-refractivity contribution in [1.29, 1.82) is 0 Å². The van der Waals surface area contributed by atoms with Gasteiger partial charge in [0.05, 0.1) is 5.75 Å². The number of nitrogens with zero attached hydrogens (tertiary/aromatic N) is 1. The standard InChI is InChI=1S/C14H16N2O4S/c1-2-8-21-9-7-15-14(20)16(10-13(18)19)11-3-5-12(17)6-4-11/h1,3-6,17H,7-10H2,(H,15,20)(H,18,19). The maximum Gasteiger partial charge on any atom is 0.323 e. The van der Waals surface area contributed by atoms with Gasteiger partial charge in [-0.1, -0.05) is 5.92 Å². The molecule has 1 aromatic carbocycles. The van der Waals surface area contributed by atoms with Crippen molar-refractivity contribution in [3.8, 4) is 18.1 Å². The Balaban J connectivity index is 2.64. The molecule has 0 saturated heterocycles. The topological polar surface area (TPSA) is 89.9 Å². The highest BCUT2D eigenvalue weighted by molar-refractivity contribution is 7.99. The number of hydrogen-bond donors (Lipinski definition) is 3. The molecule has 0 aromatic heterocycles. The van der Waals surface area contributed by atoms with Crippen molar-refractivity contribution in [2.75, 3.05) is 29.5 Å². The van der Waals surface area contributed by atoms with Crippen LogP contribution in [0.3, 0.4) is 0 Å². The van der Waals surface area contributed by atoms with Gasteiger partial charge in [-0.15, -0.1) is 18.2 Å². The quantitative estimate of drug-likeness (QED) is 0.523. The van der Waals surface area contributed by atoms with Gasteiger partial charge in [-0.3, -0.25) is 9.69 Å². The second-order valence-corrected chi connectivity index (χ2v) is 5.09. The zero-order chi connectivity index (χ0) is 15.7. The van der Waals surface area contributed by atoms with E-state index in [0.29, 0.717) is 23.7 Å². The highest BCUT2D eigenvalue weighted by Gasteiger charge is 2.18. The Morgan fingerprint density at radius 1 is 1.33 bits per heavy atom. The van der Waals surface area contributed by atoms with Gasteiger partial charge in [-0.25, -0.2) is 4.79 Å². The average Bonchev–Trinajstić information content (AvgIpc) is 2.45. The van der Waals surface area contributed by atoms with Crippen molar-refractivity contribution in [2.24, 2.45) is 0 Å². The normalized spacial score (nSPS) is 9.67. The number of anilines is 1. The third-order valence-electron chi connectivity index (χ3n) is 2.41. The molecule has 3 N–H and O–H groups in total. The van der Waals surface area contributed by atoms with Crippen molar-refractivity contribution < 1.29 is 19.8 Å². The van der Waals surface area contributed by atoms with Gasteiger partial charge in [-0.05, 0) is 24.3 Å². The smallest absolute Gasteiger partial charge is 0.323 e. The number of carbonyl (C=O) groups is 2. The molecule has 0 atom stereocenters. The molecule has 0 unspecified atom stereocenters. The Kier molecular flexibility index (Phi) is 6.98. The maximum atomic E-state index is 12.0. The van der Waals surface area contributed by atoms with E-state index in [1.54, 1.807) is 0 Å². The van der Waals surface area contributed by atoms with Crippen molar-refractivity contribution in [3.63, 3.8) is 0 Å². The van der Waals surface area contributed by atoms with Crippen LogP contribution in [-0.4, -0.2) is 46.8 Å². The molecule has 0 aliphatic rings. The van der Waals surface area contributed by atoms with Crippen LogP contribution in [-0.2, 0) is 4.79 Å². The van der Waals surface area contributed by atoms with E-state index in [4.69, 9.17) is 11.5 Å². The first-order valence-electron chi connectivity index (χ1n) is 6.12. The number of carbonyl (C=O) groups excluding carboxylic acids is 1. The molecule has 1 aromatic rings. The van der Waals surface area contributed by atoms with Crippen LogP contribution in [0, 0.1) is 12.3 Å². The van der Waals surface area contributed by atoms with Crippen LogP contribution < -0.4 is 10.2 Å². The molecule has 0 aliphatic heterocycles. The first kappa shape index (κ1) is 16.7. The number of rotatable bonds is 7. The van der Waals surface area contributed by atoms with Crippen molar-refractivity contribution >= 4 is 29.4 Å².